The molecule has 0 aromatic heterocycles. The van der Waals surface area contributed by atoms with Gasteiger partial charge in [-0.25, -0.2) is 0 Å². The summed E-state index contributed by atoms with van der Waals surface area (Å²) >= 11 is 0. The van der Waals surface area contributed by atoms with E-state index in [1.807, 2.05) is 30.3 Å². The van der Waals surface area contributed by atoms with Crippen LogP contribution in [0.25, 0.3) is 0 Å². The van der Waals surface area contributed by atoms with Crippen molar-refractivity contribution < 1.29 is 23.7 Å². The highest BCUT2D eigenvalue weighted by Crippen LogP contribution is 2.17. The van der Waals surface area contributed by atoms with Crippen LogP contribution in [0, 0.1) is 0 Å². The summed E-state index contributed by atoms with van der Waals surface area (Å²) in [5.41, 5.74) is 0. The van der Waals surface area contributed by atoms with Gasteiger partial charge in [0.25, 0.3) is 0 Å². The van der Waals surface area contributed by atoms with Gasteiger partial charge in [-0.1, -0.05) is 58.2 Å². The average molecular weight is 425 g/mol. The zero-order chi connectivity index (χ0) is 21.9. The molecule has 0 heterocycles. The standard InChI is InChI=1S/C25H44O5/c1-5-8-17-26-20-16-25(29-23-14-12-11-13-15-23)30-24(21-27-18-9-6-2)22(4)28-19-10-7-3/h11-15,22,24-25H,5-10,16-21H2,1-4H3/t22-,24?,25+/m0/s1. The van der Waals surface area contributed by atoms with E-state index < -0.39 is 6.29 Å². The minimum atomic E-state index is -0.411. The van der Waals surface area contributed by atoms with E-state index in [9.17, 15) is 0 Å². The summed E-state index contributed by atoms with van der Waals surface area (Å²) in [7, 11) is 0. The lowest BCUT2D eigenvalue weighted by atomic mass is 10.2. The third-order valence-electron chi connectivity index (χ3n) is 4.80. The van der Waals surface area contributed by atoms with Crippen molar-refractivity contribution >= 4 is 0 Å². The summed E-state index contributed by atoms with van der Waals surface area (Å²) < 4.78 is 30.2. The quantitative estimate of drug-likeness (QED) is 0.190. The predicted molar refractivity (Wildman–Crippen MR) is 122 cm³/mol. The van der Waals surface area contributed by atoms with Crippen molar-refractivity contribution in [3.05, 3.63) is 30.3 Å². The van der Waals surface area contributed by atoms with Crippen molar-refractivity contribution in [2.24, 2.45) is 0 Å². The second-order valence-electron chi connectivity index (χ2n) is 7.65. The number of para-hydroxylation sites is 1. The molecule has 1 aromatic carbocycles. The van der Waals surface area contributed by atoms with Crippen LogP contribution in [0.5, 0.6) is 5.75 Å². The van der Waals surface area contributed by atoms with Gasteiger partial charge in [0.2, 0.25) is 6.29 Å². The van der Waals surface area contributed by atoms with E-state index in [-0.39, 0.29) is 12.2 Å². The van der Waals surface area contributed by atoms with Gasteiger partial charge >= 0.3 is 0 Å². The topological polar surface area (TPSA) is 46.2 Å². The van der Waals surface area contributed by atoms with E-state index in [1.165, 1.54) is 0 Å². The first-order valence-electron chi connectivity index (χ1n) is 11.8. The number of hydrogen-bond acceptors (Lipinski definition) is 5. The molecule has 1 aromatic rings. The van der Waals surface area contributed by atoms with E-state index >= 15 is 0 Å². The first kappa shape index (κ1) is 26.9. The zero-order valence-electron chi connectivity index (χ0n) is 19.6. The Hall–Kier alpha value is -1.14. The maximum Gasteiger partial charge on any atom is 0.202 e. The summed E-state index contributed by atoms with van der Waals surface area (Å²) in [5.74, 6) is 0.793. The average Bonchev–Trinajstić information content (AvgIpc) is 2.76. The number of hydrogen-bond donors (Lipinski definition) is 0. The van der Waals surface area contributed by atoms with Crippen molar-refractivity contribution in [3.63, 3.8) is 0 Å². The summed E-state index contributed by atoms with van der Waals surface area (Å²) in [5, 5.41) is 0. The molecule has 0 amide bonds. The molecular formula is C25H44O5. The van der Waals surface area contributed by atoms with Crippen LogP contribution in [0.3, 0.4) is 0 Å². The molecule has 0 aliphatic heterocycles. The molecule has 0 radical (unpaired) electrons. The number of unbranched alkanes of at least 4 members (excludes halogenated alkanes) is 3. The minimum absolute atomic E-state index is 0.0685. The lowest BCUT2D eigenvalue weighted by molar-refractivity contribution is -0.182. The molecule has 5 nitrogen and oxygen atoms in total. The smallest absolute Gasteiger partial charge is 0.202 e. The molecule has 0 aliphatic carbocycles. The Kier molecular flexibility index (Phi) is 16.7. The summed E-state index contributed by atoms with van der Waals surface area (Å²) in [6, 6.07) is 9.80. The Balaban J connectivity index is 2.69. The van der Waals surface area contributed by atoms with Crippen LogP contribution in [0.4, 0.5) is 0 Å². The van der Waals surface area contributed by atoms with Crippen LogP contribution < -0.4 is 4.74 Å². The molecule has 3 atom stereocenters. The van der Waals surface area contributed by atoms with Crippen LogP contribution in [0.15, 0.2) is 30.3 Å². The van der Waals surface area contributed by atoms with Crippen LogP contribution in [-0.4, -0.2) is 51.5 Å². The summed E-state index contributed by atoms with van der Waals surface area (Å²) in [6.07, 6.45) is 6.51. The molecule has 5 heteroatoms. The van der Waals surface area contributed by atoms with E-state index in [0.29, 0.717) is 19.6 Å². The van der Waals surface area contributed by atoms with E-state index in [1.54, 1.807) is 0 Å². The fourth-order valence-electron chi connectivity index (χ4n) is 2.78. The fourth-order valence-corrected chi connectivity index (χ4v) is 2.78. The van der Waals surface area contributed by atoms with Crippen LogP contribution in [0.2, 0.25) is 0 Å². The third kappa shape index (κ3) is 13.2. The second-order valence-corrected chi connectivity index (χ2v) is 7.65. The molecule has 174 valence electrons. The lowest BCUT2D eigenvalue weighted by Crippen LogP contribution is -2.39. The van der Waals surface area contributed by atoms with Crippen molar-refractivity contribution in [2.75, 3.05) is 33.0 Å². The Morgan fingerprint density at radius 1 is 0.767 bits per heavy atom. The van der Waals surface area contributed by atoms with E-state index in [4.69, 9.17) is 23.7 Å². The maximum absolute atomic E-state index is 6.38. The highest BCUT2D eigenvalue weighted by atomic mass is 16.7. The van der Waals surface area contributed by atoms with Gasteiger partial charge in [0.15, 0.2) is 0 Å². The Morgan fingerprint density at radius 3 is 2.07 bits per heavy atom. The molecular weight excluding hydrogens is 380 g/mol. The number of rotatable bonds is 20. The fraction of sp³-hybridized carbons (Fsp3) is 0.760. The van der Waals surface area contributed by atoms with Gasteiger partial charge in [-0.3, -0.25) is 0 Å². The maximum atomic E-state index is 6.38. The van der Waals surface area contributed by atoms with Crippen molar-refractivity contribution in [1.82, 2.24) is 0 Å². The van der Waals surface area contributed by atoms with Crippen molar-refractivity contribution in [3.8, 4) is 5.75 Å². The van der Waals surface area contributed by atoms with Gasteiger partial charge in [-0.05, 0) is 38.3 Å². The molecule has 0 spiro atoms. The third-order valence-corrected chi connectivity index (χ3v) is 4.80. The van der Waals surface area contributed by atoms with Gasteiger partial charge in [-0.2, -0.15) is 0 Å². The number of benzene rings is 1. The van der Waals surface area contributed by atoms with Gasteiger partial charge in [0.05, 0.1) is 19.3 Å². The number of ether oxygens (including phenoxy) is 5. The largest absolute Gasteiger partial charge is 0.465 e. The normalized spacial score (nSPS) is 14.4. The van der Waals surface area contributed by atoms with Gasteiger partial charge in [-0.15, -0.1) is 0 Å². The first-order chi connectivity index (χ1) is 14.7. The highest BCUT2D eigenvalue weighted by Gasteiger charge is 2.24. The van der Waals surface area contributed by atoms with Crippen LogP contribution in [0.1, 0.15) is 72.6 Å². The van der Waals surface area contributed by atoms with Gasteiger partial charge in [0.1, 0.15) is 11.9 Å². The Morgan fingerprint density at radius 2 is 1.40 bits per heavy atom. The molecule has 1 rings (SSSR count). The Labute approximate surface area is 184 Å². The lowest BCUT2D eigenvalue weighted by Gasteiger charge is -2.29. The molecule has 0 saturated heterocycles. The minimum Gasteiger partial charge on any atom is -0.465 e. The SMILES string of the molecule is CCCCOCC[C@H](Oc1ccccc1)OC(COCCCC)[C@H](C)OCCCC. The van der Waals surface area contributed by atoms with Crippen molar-refractivity contribution in [2.45, 2.75) is 91.1 Å². The monoisotopic (exact) mass is 424 g/mol. The van der Waals surface area contributed by atoms with Gasteiger partial charge in [0, 0.05) is 26.2 Å². The zero-order valence-corrected chi connectivity index (χ0v) is 19.6. The molecule has 0 aliphatic rings. The molecule has 0 fully saturated rings. The van der Waals surface area contributed by atoms with Crippen LogP contribution >= 0.6 is 0 Å². The highest BCUT2D eigenvalue weighted by molar-refractivity contribution is 5.21. The van der Waals surface area contributed by atoms with Crippen LogP contribution in [-0.2, 0) is 18.9 Å². The van der Waals surface area contributed by atoms with E-state index in [2.05, 4.69) is 27.7 Å². The Bertz CT molecular complexity index is 482. The molecule has 0 bridgehead atoms. The second kappa shape index (κ2) is 18.6. The van der Waals surface area contributed by atoms with Gasteiger partial charge < -0.3 is 23.7 Å². The first-order valence-corrected chi connectivity index (χ1v) is 11.8. The predicted octanol–water partition coefficient (Wildman–Crippen LogP) is 6.01. The molecule has 0 saturated carbocycles. The summed E-state index contributed by atoms with van der Waals surface area (Å²) in [6.45, 7) is 11.9. The molecule has 1 unspecified atom stereocenters. The summed E-state index contributed by atoms with van der Waals surface area (Å²) in [4.78, 5) is 0. The molecule has 30 heavy (non-hydrogen) atoms. The molecule has 0 N–H and O–H groups in total. The van der Waals surface area contributed by atoms with Crippen molar-refractivity contribution in [1.29, 1.82) is 0 Å². The van der Waals surface area contributed by atoms with E-state index in [0.717, 1.165) is 64.1 Å².